The fourth-order valence-corrected chi connectivity index (χ4v) is 2.95. The first-order chi connectivity index (χ1) is 10.0. The lowest BCUT2D eigenvalue weighted by atomic mass is 9.86. The molecule has 118 valence electrons. The van der Waals surface area contributed by atoms with Crippen molar-refractivity contribution in [3.63, 3.8) is 0 Å². The third kappa shape index (κ3) is 3.97. The molecule has 2 rings (SSSR count). The van der Waals surface area contributed by atoms with Crippen LogP contribution in [0, 0.1) is 5.92 Å². The van der Waals surface area contributed by atoms with E-state index in [2.05, 4.69) is 10.4 Å². The third-order valence-corrected chi connectivity index (χ3v) is 4.21. The van der Waals surface area contributed by atoms with E-state index in [1.807, 2.05) is 20.2 Å². The number of amides is 2. The molecule has 1 aromatic heterocycles. The van der Waals surface area contributed by atoms with E-state index in [-0.39, 0.29) is 18.1 Å². The van der Waals surface area contributed by atoms with E-state index in [0.29, 0.717) is 6.54 Å². The number of aliphatic hydroxyl groups is 1. The van der Waals surface area contributed by atoms with Crippen LogP contribution in [-0.2, 0) is 13.5 Å². The number of nitrogens with one attached hydrogen (secondary N) is 1. The van der Waals surface area contributed by atoms with Crippen molar-refractivity contribution in [1.82, 2.24) is 14.7 Å². The van der Waals surface area contributed by atoms with Gasteiger partial charge in [-0.3, -0.25) is 4.68 Å². The van der Waals surface area contributed by atoms with Gasteiger partial charge in [-0.2, -0.15) is 5.10 Å². The molecule has 6 heteroatoms. The smallest absolute Gasteiger partial charge is 0.321 e. The van der Waals surface area contributed by atoms with Crippen molar-refractivity contribution in [3.8, 4) is 0 Å². The fraction of sp³-hybridized carbons (Fsp3) is 0.733. The van der Waals surface area contributed by atoms with Crippen LogP contribution in [-0.4, -0.2) is 45.5 Å². The Labute approximate surface area is 126 Å². The highest BCUT2D eigenvalue weighted by Gasteiger charge is 2.25. The van der Waals surface area contributed by atoms with Crippen LogP contribution in [0.1, 0.15) is 38.3 Å². The Morgan fingerprint density at radius 1 is 1.52 bits per heavy atom. The maximum Gasteiger partial charge on any atom is 0.321 e. The largest absolute Gasteiger partial charge is 0.393 e. The number of aromatic nitrogens is 2. The van der Waals surface area contributed by atoms with Crippen LogP contribution in [0.2, 0.25) is 0 Å². The summed E-state index contributed by atoms with van der Waals surface area (Å²) >= 11 is 0. The summed E-state index contributed by atoms with van der Waals surface area (Å²) in [6, 6.07) is -0.143. The zero-order valence-corrected chi connectivity index (χ0v) is 13.2. The van der Waals surface area contributed by atoms with Gasteiger partial charge < -0.3 is 15.3 Å². The zero-order valence-electron chi connectivity index (χ0n) is 13.2. The van der Waals surface area contributed by atoms with Crippen LogP contribution in [0.15, 0.2) is 6.20 Å². The minimum Gasteiger partial charge on any atom is -0.393 e. The van der Waals surface area contributed by atoms with E-state index in [1.54, 1.807) is 16.6 Å². The lowest BCUT2D eigenvalue weighted by molar-refractivity contribution is 0.0575. The predicted octanol–water partition coefficient (Wildman–Crippen LogP) is 2.00. The third-order valence-electron chi connectivity index (χ3n) is 4.21. The van der Waals surface area contributed by atoms with Gasteiger partial charge in [0.2, 0.25) is 0 Å². The van der Waals surface area contributed by atoms with Crippen molar-refractivity contribution in [2.75, 3.05) is 18.9 Å². The molecule has 1 aromatic rings. The van der Waals surface area contributed by atoms with Gasteiger partial charge in [0.15, 0.2) is 0 Å². The lowest BCUT2D eigenvalue weighted by Gasteiger charge is -2.31. The minimum absolute atomic E-state index is 0.143. The van der Waals surface area contributed by atoms with Gasteiger partial charge in [0.1, 0.15) is 0 Å². The van der Waals surface area contributed by atoms with E-state index in [1.165, 1.54) is 0 Å². The van der Waals surface area contributed by atoms with Gasteiger partial charge >= 0.3 is 6.03 Å². The SMILES string of the molecule is CCc1nn(C)cc1NC(=O)N(C)C[C@H]1CCCC[C@H]1O. The summed E-state index contributed by atoms with van der Waals surface area (Å²) in [6.45, 7) is 2.61. The number of hydrogen-bond donors (Lipinski definition) is 2. The summed E-state index contributed by atoms with van der Waals surface area (Å²) in [6.07, 6.45) is 6.39. The number of carbonyl (C=O) groups excluding carboxylic acids is 1. The quantitative estimate of drug-likeness (QED) is 0.892. The van der Waals surface area contributed by atoms with Crippen molar-refractivity contribution in [3.05, 3.63) is 11.9 Å². The Hall–Kier alpha value is -1.56. The Morgan fingerprint density at radius 3 is 2.90 bits per heavy atom. The maximum atomic E-state index is 12.3. The molecular weight excluding hydrogens is 268 g/mol. The van der Waals surface area contributed by atoms with Crippen molar-refractivity contribution in [1.29, 1.82) is 0 Å². The Bertz CT molecular complexity index is 486. The van der Waals surface area contributed by atoms with Gasteiger partial charge in [0.25, 0.3) is 0 Å². The molecule has 1 saturated carbocycles. The topological polar surface area (TPSA) is 70.4 Å². The zero-order chi connectivity index (χ0) is 15.4. The molecule has 6 nitrogen and oxygen atoms in total. The predicted molar refractivity (Wildman–Crippen MR) is 82.2 cm³/mol. The molecule has 2 amide bonds. The summed E-state index contributed by atoms with van der Waals surface area (Å²) in [5.41, 5.74) is 1.65. The van der Waals surface area contributed by atoms with E-state index < -0.39 is 0 Å². The average Bonchev–Trinajstić information content (AvgIpc) is 2.81. The molecule has 0 unspecified atom stereocenters. The first kappa shape index (κ1) is 15.8. The molecular formula is C15H26N4O2. The van der Waals surface area contributed by atoms with Gasteiger partial charge in [-0.1, -0.05) is 19.8 Å². The maximum absolute atomic E-state index is 12.3. The second kappa shape index (κ2) is 6.93. The number of anilines is 1. The minimum atomic E-state index is -0.279. The molecule has 1 heterocycles. The number of rotatable bonds is 4. The summed E-state index contributed by atoms with van der Waals surface area (Å²) < 4.78 is 1.71. The van der Waals surface area contributed by atoms with Crippen molar-refractivity contribution in [2.45, 2.75) is 45.1 Å². The summed E-state index contributed by atoms with van der Waals surface area (Å²) in [7, 11) is 3.62. The second-order valence-corrected chi connectivity index (χ2v) is 5.94. The molecule has 1 fully saturated rings. The number of nitrogens with zero attached hydrogens (tertiary/aromatic N) is 3. The number of urea groups is 1. The van der Waals surface area contributed by atoms with Crippen molar-refractivity contribution in [2.24, 2.45) is 13.0 Å². The van der Waals surface area contributed by atoms with E-state index in [4.69, 9.17) is 0 Å². The fourth-order valence-electron chi connectivity index (χ4n) is 2.95. The van der Waals surface area contributed by atoms with E-state index in [0.717, 1.165) is 43.5 Å². The molecule has 21 heavy (non-hydrogen) atoms. The van der Waals surface area contributed by atoms with Gasteiger partial charge in [-0.25, -0.2) is 4.79 Å². The summed E-state index contributed by atoms with van der Waals surface area (Å²) in [5, 5.41) is 17.2. The van der Waals surface area contributed by atoms with Crippen LogP contribution in [0.25, 0.3) is 0 Å². The van der Waals surface area contributed by atoms with E-state index in [9.17, 15) is 9.90 Å². The molecule has 1 aliphatic carbocycles. The van der Waals surface area contributed by atoms with Crippen LogP contribution < -0.4 is 5.32 Å². The van der Waals surface area contributed by atoms with Crippen LogP contribution in [0.3, 0.4) is 0 Å². The van der Waals surface area contributed by atoms with Crippen molar-refractivity contribution >= 4 is 11.7 Å². The highest BCUT2D eigenvalue weighted by atomic mass is 16.3. The molecule has 0 radical (unpaired) electrons. The Kier molecular flexibility index (Phi) is 5.22. The molecule has 0 aliphatic heterocycles. The number of aliphatic hydroxyl groups excluding tert-OH is 1. The average molecular weight is 294 g/mol. The molecule has 2 N–H and O–H groups in total. The van der Waals surface area contributed by atoms with Gasteiger partial charge in [-0.15, -0.1) is 0 Å². The van der Waals surface area contributed by atoms with Crippen LogP contribution in [0.4, 0.5) is 10.5 Å². The summed E-state index contributed by atoms with van der Waals surface area (Å²) in [4.78, 5) is 13.9. The molecule has 0 saturated heterocycles. The van der Waals surface area contributed by atoms with Gasteiger partial charge in [-0.05, 0) is 19.3 Å². The van der Waals surface area contributed by atoms with Crippen LogP contribution in [0.5, 0.6) is 0 Å². The first-order valence-electron chi connectivity index (χ1n) is 7.74. The van der Waals surface area contributed by atoms with Crippen LogP contribution >= 0.6 is 0 Å². The standard InChI is InChI=1S/C15H26N4O2/c1-4-12-13(10-19(3)17-12)16-15(21)18(2)9-11-7-5-6-8-14(11)20/h10-11,14,20H,4-9H2,1-3H3,(H,16,21)/t11-,14-/m1/s1. The monoisotopic (exact) mass is 294 g/mol. The molecule has 0 aromatic carbocycles. The molecule has 2 atom stereocenters. The molecule has 1 aliphatic rings. The van der Waals surface area contributed by atoms with E-state index >= 15 is 0 Å². The number of aryl methyl sites for hydroxylation is 2. The van der Waals surface area contributed by atoms with Crippen molar-refractivity contribution < 1.29 is 9.90 Å². The van der Waals surface area contributed by atoms with Gasteiger partial charge in [0.05, 0.1) is 17.5 Å². The number of hydrogen-bond acceptors (Lipinski definition) is 3. The Balaban J connectivity index is 1.92. The normalized spacial score (nSPS) is 22.1. The molecule has 0 bridgehead atoms. The lowest BCUT2D eigenvalue weighted by Crippen LogP contribution is -2.40. The molecule has 0 spiro atoms. The number of carbonyl (C=O) groups is 1. The highest BCUT2D eigenvalue weighted by Crippen LogP contribution is 2.25. The van der Waals surface area contributed by atoms with Gasteiger partial charge in [0, 0.05) is 32.8 Å². The summed E-state index contributed by atoms with van der Waals surface area (Å²) in [5.74, 6) is 0.189. The highest BCUT2D eigenvalue weighted by molar-refractivity contribution is 5.89. The Morgan fingerprint density at radius 2 is 2.24 bits per heavy atom. The first-order valence-corrected chi connectivity index (χ1v) is 7.74. The second-order valence-electron chi connectivity index (χ2n) is 5.94.